The van der Waals surface area contributed by atoms with Gasteiger partial charge in [0.25, 0.3) is 0 Å². The van der Waals surface area contributed by atoms with E-state index in [1.807, 2.05) is 6.92 Å². The Hall–Kier alpha value is -2.21. The Morgan fingerprint density at radius 2 is 1.82 bits per heavy atom. The first-order chi connectivity index (χ1) is 13.3. The van der Waals surface area contributed by atoms with Gasteiger partial charge < -0.3 is 10.4 Å². The lowest BCUT2D eigenvalue weighted by molar-refractivity contribution is -0.147. The lowest BCUT2D eigenvalue weighted by atomic mass is 9.79. The number of amides is 1. The van der Waals surface area contributed by atoms with Gasteiger partial charge in [0.15, 0.2) is 5.13 Å². The monoisotopic (exact) mass is 400 g/mol. The molecule has 0 unspecified atom stereocenters. The summed E-state index contributed by atoms with van der Waals surface area (Å²) in [4.78, 5) is 29.8. The van der Waals surface area contributed by atoms with Gasteiger partial charge in [0.2, 0.25) is 5.91 Å². The Morgan fingerprint density at radius 3 is 2.43 bits per heavy atom. The molecule has 2 N–H and O–H groups in total. The van der Waals surface area contributed by atoms with E-state index in [1.165, 1.54) is 16.9 Å². The average molecular weight is 401 g/mol. The summed E-state index contributed by atoms with van der Waals surface area (Å²) < 4.78 is 0. The SMILES string of the molecule is Cc1sc(NC(=O)[C@@H]2CCCC[C@@H]2C(=O)O)nc1-c1ccc(CC(C)C)cc1. The van der Waals surface area contributed by atoms with Crippen LogP contribution in [0.2, 0.25) is 0 Å². The molecule has 2 aromatic rings. The number of carboxylic acid groups (broad SMARTS) is 1. The van der Waals surface area contributed by atoms with Crippen LogP contribution in [0.5, 0.6) is 0 Å². The minimum Gasteiger partial charge on any atom is -0.481 e. The summed E-state index contributed by atoms with van der Waals surface area (Å²) in [5, 5.41) is 12.8. The second-order valence-corrected chi connectivity index (χ2v) is 9.25. The largest absolute Gasteiger partial charge is 0.481 e. The van der Waals surface area contributed by atoms with Crippen molar-refractivity contribution in [2.45, 2.75) is 52.9 Å². The molecule has 6 heteroatoms. The molecule has 3 rings (SSSR count). The highest BCUT2D eigenvalue weighted by atomic mass is 32.1. The fourth-order valence-electron chi connectivity index (χ4n) is 3.93. The molecule has 1 amide bonds. The lowest BCUT2D eigenvalue weighted by Gasteiger charge is -2.26. The van der Waals surface area contributed by atoms with Gasteiger partial charge in [-0.3, -0.25) is 9.59 Å². The molecule has 1 aromatic carbocycles. The fraction of sp³-hybridized carbons (Fsp3) is 0.500. The molecule has 0 bridgehead atoms. The maximum Gasteiger partial charge on any atom is 0.307 e. The topological polar surface area (TPSA) is 79.3 Å². The number of benzene rings is 1. The van der Waals surface area contributed by atoms with Gasteiger partial charge in [-0.1, -0.05) is 51.0 Å². The molecule has 1 aromatic heterocycles. The van der Waals surface area contributed by atoms with Crippen molar-refractivity contribution in [2.75, 3.05) is 5.32 Å². The molecule has 5 nitrogen and oxygen atoms in total. The number of carbonyl (C=O) groups is 2. The van der Waals surface area contributed by atoms with Crippen LogP contribution in [-0.2, 0) is 16.0 Å². The molecule has 2 atom stereocenters. The van der Waals surface area contributed by atoms with Crippen LogP contribution in [0, 0.1) is 24.7 Å². The van der Waals surface area contributed by atoms with Gasteiger partial charge >= 0.3 is 5.97 Å². The summed E-state index contributed by atoms with van der Waals surface area (Å²) >= 11 is 1.44. The minimum atomic E-state index is -0.877. The van der Waals surface area contributed by atoms with Crippen molar-refractivity contribution in [1.29, 1.82) is 0 Å². The first-order valence-electron chi connectivity index (χ1n) is 9.95. The van der Waals surface area contributed by atoms with Gasteiger partial charge in [-0.25, -0.2) is 4.98 Å². The first-order valence-corrected chi connectivity index (χ1v) is 10.8. The van der Waals surface area contributed by atoms with Crippen molar-refractivity contribution < 1.29 is 14.7 Å². The fourth-order valence-corrected chi connectivity index (χ4v) is 4.76. The summed E-state index contributed by atoms with van der Waals surface area (Å²) in [6.45, 7) is 6.40. The third-order valence-electron chi connectivity index (χ3n) is 5.32. The Morgan fingerprint density at radius 1 is 1.18 bits per heavy atom. The number of aliphatic carboxylic acids is 1. The number of nitrogens with one attached hydrogen (secondary N) is 1. The van der Waals surface area contributed by atoms with Gasteiger partial charge in [0.05, 0.1) is 17.5 Å². The Labute approximate surface area is 170 Å². The molecular formula is C22H28N2O3S. The maximum absolute atomic E-state index is 12.7. The maximum atomic E-state index is 12.7. The van der Waals surface area contributed by atoms with Crippen LogP contribution in [0.1, 0.15) is 50.0 Å². The van der Waals surface area contributed by atoms with E-state index in [9.17, 15) is 14.7 Å². The Bertz CT molecular complexity index is 842. The van der Waals surface area contributed by atoms with Crippen molar-refractivity contribution in [2.24, 2.45) is 17.8 Å². The van der Waals surface area contributed by atoms with E-state index < -0.39 is 17.8 Å². The summed E-state index contributed by atoms with van der Waals surface area (Å²) in [6.07, 6.45) is 4.00. The quantitative estimate of drug-likeness (QED) is 0.703. The van der Waals surface area contributed by atoms with Crippen molar-refractivity contribution >= 4 is 28.3 Å². The molecule has 1 aliphatic carbocycles. The molecule has 1 aliphatic rings. The average Bonchev–Trinajstić information content (AvgIpc) is 3.02. The highest BCUT2D eigenvalue weighted by molar-refractivity contribution is 7.16. The molecule has 0 spiro atoms. The van der Waals surface area contributed by atoms with Gasteiger partial charge in [-0.2, -0.15) is 0 Å². The number of carbonyl (C=O) groups excluding carboxylic acids is 1. The number of hydrogen-bond acceptors (Lipinski definition) is 4. The van der Waals surface area contributed by atoms with E-state index in [0.717, 1.165) is 35.4 Å². The van der Waals surface area contributed by atoms with Gasteiger partial charge in [-0.05, 0) is 37.7 Å². The summed E-state index contributed by atoms with van der Waals surface area (Å²) in [5.74, 6) is -1.56. The van der Waals surface area contributed by atoms with Crippen molar-refractivity contribution in [3.8, 4) is 11.3 Å². The van der Waals surface area contributed by atoms with E-state index >= 15 is 0 Å². The number of aromatic nitrogens is 1. The van der Waals surface area contributed by atoms with Gasteiger partial charge in [0.1, 0.15) is 0 Å². The number of anilines is 1. The van der Waals surface area contributed by atoms with E-state index in [1.54, 1.807) is 0 Å². The van der Waals surface area contributed by atoms with Crippen molar-refractivity contribution in [1.82, 2.24) is 4.98 Å². The molecule has 1 fully saturated rings. The number of carboxylic acids is 1. The van der Waals surface area contributed by atoms with Crippen molar-refractivity contribution in [3.63, 3.8) is 0 Å². The minimum absolute atomic E-state index is 0.223. The third kappa shape index (κ3) is 4.79. The van der Waals surface area contributed by atoms with Crippen LogP contribution >= 0.6 is 11.3 Å². The van der Waals surface area contributed by atoms with Crippen LogP contribution < -0.4 is 5.32 Å². The van der Waals surface area contributed by atoms with Crippen LogP contribution in [0.3, 0.4) is 0 Å². The number of nitrogens with zero attached hydrogens (tertiary/aromatic N) is 1. The van der Waals surface area contributed by atoms with Crippen LogP contribution in [0.15, 0.2) is 24.3 Å². The van der Waals surface area contributed by atoms with Crippen LogP contribution in [-0.4, -0.2) is 22.0 Å². The van der Waals surface area contributed by atoms with Gasteiger partial charge in [0, 0.05) is 10.4 Å². The number of rotatable bonds is 6. The normalized spacial score (nSPS) is 19.6. The molecule has 0 saturated heterocycles. The van der Waals surface area contributed by atoms with Gasteiger partial charge in [-0.15, -0.1) is 11.3 Å². The van der Waals surface area contributed by atoms with Crippen LogP contribution in [0.4, 0.5) is 5.13 Å². The highest BCUT2D eigenvalue weighted by Gasteiger charge is 2.36. The standard InChI is InChI=1S/C22H28N2O3S/c1-13(2)12-15-8-10-16(11-9-15)19-14(3)28-22(23-19)24-20(25)17-6-4-5-7-18(17)21(26)27/h8-11,13,17-18H,4-7,12H2,1-3H3,(H,26,27)(H,23,24,25)/t17-,18+/m1/s1. The second-order valence-electron chi connectivity index (χ2n) is 8.04. The van der Waals surface area contributed by atoms with E-state index in [-0.39, 0.29) is 5.91 Å². The Balaban J connectivity index is 1.73. The smallest absolute Gasteiger partial charge is 0.307 e. The Kier molecular flexibility index (Phi) is 6.50. The molecule has 0 radical (unpaired) electrons. The van der Waals surface area contributed by atoms with E-state index in [4.69, 9.17) is 0 Å². The summed E-state index contributed by atoms with van der Waals surface area (Å²) in [7, 11) is 0. The summed E-state index contributed by atoms with van der Waals surface area (Å²) in [6, 6.07) is 8.41. The zero-order chi connectivity index (χ0) is 20.3. The number of aryl methyl sites for hydroxylation is 1. The first kappa shape index (κ1) is 20.5. The predicted molar refractivity (Wildman–Crippen MR) is 113 cm³/mol. The van der Waals surface area contributed by atoms with E-state index in [0.29, 0.717) is 23.9 Å². The molecule has 150 valence electrons. The lowest BCUT2D eigenvalue weighted by Crippen LogP contribution is -2.36. The zero-order valence-corrected chi connectivity index (χ0v) is 17.5. The van der Waals surface area contributed by atoms with Crippen LogP contribution in [0.25, 0.3) is 11.3 Å². The molecule has 1 saturated carbocycles. The van der Waals surface area contributed by atoms with Crippen molar-refractivity contribution in [3.05, 3.63) is 34.7 Å². The molecule has 28 heavy (non-hydrogen) atoms. The molecule has 1 heterocycles. The second kappa shape index (κ2) is 8.86. The summed E-state index contributed by atoms with van der Waals surface area (Å²) in [5.41, 5.74) is 3.20. The molecule has 0 aliphatic heterocycles. The highest BCUT2D eigenvalue weighted by Crippen LogP contribution is 2.34. The zero-order valence-electron chi connectivity index (χ0n) is 16.7. The number of hydrogen-bond donors (Lipinski definition) is 2. The molecular weight excluding hydrogens is 372 g/mol. The van der Waals surface area contributed by atoms with E-state index in [2.05, 4.69) is 48.4 Å². The predicted octanol–water partition coefficient (Wildman–Crippen LogP) is 5.15. The number of thiazole rings is 1. The third-order valence-corrected chi connectivity index (χ3v) is 6.20.